The molecular weight excluding hydrogens is 722 g/mol. The number of benzene rings is 2. The molecule has 0 bridgehead atoms. The van der Waals surface area contributed by atoms with Crippen molar-refractivity contribution in [2.24, 2.45) is 9.98 Å². The largest absolute Gasteiger partial charge is 0.449 e. The minimum Gasteiger partial charge on any atom is -0.449 e. The summed E-state index contributed by atoms with van der Waals surface area (Å²) in [5.74, 6) is 1.11. The number of unbranched alkanes of at least 4 members (excludes halogenated alkanes) is 3. The van der Waals surface area contributed by atoms with Crippen molar-refractivity contribution in [2.45, 2.75) is 32.1 Å². The van der Waals surface area contributed by atoms with E-state index in [-0.39, 0.29) is 6.09 Å². The summed E-state index contributed by atoms with van der Waals surface area (Å²) < 4.78 is 12.7. The van der Waals surface area contributed by atoms with Crippen LogP contribution in [0.2, 0.25) is 0 Å². The van der Waals surface area contributed by atoms with Gasteiger partial charge in [-0.3, -0.25) is 34.8 Å². The topological polar surface area (TPSA) is 147 Å². The van der Waals surface area contributed by atoms with Crippen molar-refractivity contribution in [3.05, 3.63) is 63.6 Å². The van der Waals surface area contributed by atoms with E-state index in [2.05, 4.69) is 67.1 Å². The van der Waals surface area contributed by atoms with E-state index in [9.17, 15) is 9.59 Å². The fourth-order valence-corrected chi connectivity index (χ4v) is 6.29. The molecule has 2 amide bonds. The Hall–Kier alpha value is -4.24. The summed E-state index contributed by atoms with van der Waals surface area (Å²) in [4.78, 5) is 55.0. The summed E-state index contributed by atoms with van der Waals surface area (Å²) in [7, 11) is 0. The third-order valence-corrected chi connectivity index (χ3v) is 9.22. The number of anilines is 1. The van der Waals surface area contributed by atoms with Crippen LogP contribution in [0, 0.1) is 0 Å². The van der Waals surface area contributed by atoms with Crippen LogP contribution in [0.4, 0.5) is 15.3 Å². The molecule has 0 spiro atoms. The number of hydrogen-bond acceptors (Lipinski definition) is 11. The van der Waals surface area contributed by atoms with E-state index in [4.69, 9.17) is 9.47 Å². The molecule has 0 aliphatic carbocycles. The van der Waals surface area contributed by atoms with Gasteiger partial charge in [-0.05, 0) is 81.3 Å². The Morgan fingerprint density at radius 1 is 0.717 bits per heavy atom. The Morgan fingerprint density at radius 3 is 2.02 bits per heavy atom. The monoisotopic (exact) mass is 751 g/mol. The number of aliphatic imine (C=N–C) groups is 2. The van der Waals surface area contributed by atoms with Gasteiger partial charge >= 0.3 is 12.2 Å². The van der Waals surface area contributed by atoms with E-state index in [0.29, 0.717) is 76.0 Å². The predicted octanol–water partition coefficient (Wildman–Crippen LogP) is 5.97. The SMILES string of the molecule is O=C(OCCCCCCOC(=O)N1CCN=C1Nc1ccc2nccnc2c1Br)N1CCN=C1Cc1ccc2nccnc2c1Br. The minimum absolute atomic E-state index is 0.293. The second-order valence-corrected chi connectivity index (χ2v) is 12.2. The lowest BCUT2D eigenvalue weighted by molar-refractivity contribution is 0.118. The summed E-state index contributed by atoms with van der Waals surface area (Å²) in [6.45, 7) is 2.58. The van der Waals surface area contributed by atoms with Crippen LogP contribution in [0.3, 0.4) is 0 Å². The molecule has 4 aromatic rings. The van der Waals surface area contributed by atoms with Crippen molar-refractivity contribution in [2.75, 3.05) is 44.7 Å². The molecule has 4 heterocycles. The molecule has 13 nitrogen and oxygen atoms in total. The van der Waals surface area contributed by atoms with Crippen molar-refractivity contribution >= 4 is 83.6 Å². The highest BCUT2D eigenvalue weighted by molar-refractivity contribution is 9.11. The molecule has 15 heteroatoms. The predicted molar refractivity (Wildman–Crippen MR) is 181 cm³/mol. The number of amidine groups is 1. The van der Waals surface area contributed by atoms with Crippen LogP contribution in [-0.4, -0.2) is 93.1 Å². The number of nitrogens with zero attached hydrogens (tertiary/aromatic N) is 8. The molecule has 0 saturated carbocycles. The third kappa shape index (κ3) is 7.25. The molecule has 2 aliphatic rings. The zero-order valence-electron chi connectivity index (χ0n) is 24.9. The van der Waals surface area contributed by atoms with Crippen LogP contribution >= 0.6 is 31.9 Å². The van der Waals surface area contributed by atoms with Crippen LogP contribution < -0.4 is 5.32 Å². The fourth-order valence-electron chi connectivity index (χ4n) is 5.18. The maximum atomic E-state index is 12.8. The first kappa shape index (κ1) is 31.7. The second-order valence-electron chi connectivity index (χ2n) is 10.6. The van der Waals surface area contributed by atoms with E-state index >= 15 is 0 Å². The molecule has 6 rings (SSSR count). The molecule has 0 radical (unpaired) electrons. The molecule has 0 fully saturated rings. The van der Waals surface area contributed by atoms with Gasteiger partial charge in [0.15, 0.2) is 0 Å². The van der Waals surface area contributed by atoms with Gasteiger partial charge in [-0.15, -0.1) is 0 Å². The van der Waals surface area contributed by atoms with E-state index in [0.717, 1.165) is 49.6 Å². The van der Waals surface area contributed by atoms with Gasteiger partial charge in [-0.25, -0.2) is 14.5 Å². The lowest BCUT2D eigenvalue weighted by atomic mass is 10.1. The van der Waals surface area contributed by atoms with Gasteiger partial charge < -0.3 is 14.8 Å². The number of rotatable bonds is 10. The number of carbonyl (C=O) groups is 2. The van der Waals surface area contributed by atoms with Gasteiger partial charge in [-0.2, -0.15) is 0 Å². The maximum Gasteiger partial charge on any atom is 0.416 e. The Bertz CT molecular complexity index is 1690. The molecule has 0 saturated heterocycles. The number of halogens is 2. The Morgan fingerprint density at radius 2 is 1.30 bits per heavy atom. The van der Waals surface area contributed by atoms with E-state index in [1.807, 2.05) is 24.3 Å². The van der Waals surface area contributed by atoms with Gasteiger partial charge in [0, 0.05) is 35.7 Å². The number of ether oxygens (including phenoxy) is 2. The summed E-state index contributed by atoms with van der Waals surface area (Å²) in [5.41, 5.74) is 4.75. The number of nitrogens with one attached hydrogen (secondary N) is 1. The lowest BCUT2D eigenvalue weighted by Gasteiger charge is -2.19. The maximum absolute atomic E-state index is 12.8. The van der Waals surface area contributed by atoms with Gasteiger partial charge in [0.05, 0.1) is 60.6 Å². The third-order valence-electron chi connectivity index (χ3n) is 7.53. The van der Waals surface area contributed by atoms with Crippen molar-refractivity contribution in [1.29, 1.82) is 0 Å². The van der Waals surface area contributed by atoms with E-state index < -0.39 is 6.09 Å². The van der Waals surface area contributed by atoms with Crippen LogP contribution in [0.25, 0.3) is 22.1 Å². The van der Waals surface area contributed by atoms with Gasteiger partial charge in [0.1, 0.15) is 16.9 Å². The summed E-state index contributed by atoms with van der Waals surface area (Å²) in [6.07, 6.45) is 9.33. The quantitative estimate of drug-likeness (QED) is 0.194. The first-order chi connectivity index (χ1) is 22.5. The number of fused-ring (bicyclic) bond motifs is 2. The molecule has 238 valence electrons. The van der Waals surface area contributed by atoms with E-state index in [1.54, 1.807) is 29.7 Å². The highest BCUT2D eigenvalue weighted by Gasteiger charge is 2.27. The average molecular weight is 753 g/mol. The smallest absolute Gasteiger partial charge is 0.416 e. The summed E-state index contributed by atoms with van der Waals surface area (Å²) in [6, 6.07) is 7.61. The minimum atomic E-state index is -0.443. The fraction of sp³-hybridized carbons (Fsp3) is 0.355. The Kier molecular flexibility index (Phi) is 10.3. The standard InChI is InChI=1S/C31H31Br2N9O4/c32-25-20(5-6-22-27(25)37-11-9-34-22)19-24-36-13-15-41(24)30(43)45-17-3-1-2-4-18-46-31(44)42-16-14-39-29(42)40-21-7-8-23-28(26(21)33)38-12-10-35-23/h5-12H,1-4,13-19H2,(H,39,40). The molecule has 0 unspecified atom stereocenters. The number of guanidine groups is 1. The first-order valence-corrected chi connectivity index (χ1v) is 16.6. The first-order valence-electron chi connectivity index (χ1n) is 15.0. The van der Waals surface area contributed by atoms with E-state index in [1.165, 1.54) is 4.90 Å². The van der Waals surface area contributed by atoms with Gasteiger partial charge in [0.25, 0.3) is 0 Å². The number of hydrogen-bond donors (Lipinski definition) is 1. The zero-order chi connectivity index (χ0) is 31.9. The second kappa shape index (κ2) is 14.9. The number of amides is 2. The molecule has 46 heavy (non-hydrogen) atoms. The molecule has 2 aromatic heterocycles. The molecule has 2 aliphatic heterocycles. The van der Waals surface area contributed by atoms with Crippen molar-refractivity contribution in [3.8, 4) is 0 Å². The van der Waals surface area contributed by atoms with Crippen molar-refractivity contribution in [1.82, 2.24) is 29.7 Å². The molecule has 1 N–H and O–H groups in total. The average Bonchev–Trinajstić information content (AvgIpc) is 3.75. The van der Waals surface area contributed by atoms with Gasteiger partial charge in [0.2, 0.25) is 5.96 Å². The van der Waals surface area contributed by atoms with Crippen LogP contribution in [-0.2, 0) is 15.9 Å². The zero-order valence-corrected chi connectivity index (χ0v) is 28.0. The normalized spacial score (nSPS) is 14.5. The Labute approximate surface area is 281 Å². The van der Waals surface area contributed by atoms with Gasteiger partial charge in [-0.1, -0.05) is 6.07 Å². The van der Waals surface area contributed by atoms with Crippen LogP contribution in [0.5, 0.6) is 0 Å². The number of carbonyl (C=O) groups excluding carboxylic acids is 2. The molecule has 2 aromatic carbocycles. The molecular formula is C31H31Br2N9O4. The molecule has 0 atom stereocenters. The lowest BCUT2D eigenvalue weighted by Crippen LogP contribution is -2.39. The van der Waals surface area contributed by atoms with Crippen LogP contribution in [0.1, 0.15) is 31.2 Å². The Balaban J connectivity index is 0.879. The summed E-state index contributed by atoms with van der Waals surface area (Å²) >= 11 is 7.21. The van der Waals surface area contributed by atoms with Crippen molar-refractivity contribution in [3.63, 3.8) is 0 Å². The van der Waals surface area contributed by atoms with Crippen LogP contribution in [0.15, 0.2) is 68.0 Å². The number of aromatic nitrogens is 4. The highest BCUT2D eigenvalue weighted by Crippen LogP contribution is 2.30. The van der Waals surface area contributed by atoms with Crippen molar-refractivity contribution < 1.29 is 19.1 Å². The highest BCUT2D eigenvalue weighted by atomic mass is 79.9. The summed E-state index contributed by atoms with van der Waals surface area (Å²) in [5, 5.41) is 3.21.